The summed E-state index contributed by atoms with van der Waals surface area (Å²) in [5.74, 6) is 0.459. The van der Waals surface area contributed by atoms with Gasteiger partial charge in [0.15, 0.2) is 0 Å². The lowest BCUT2D eigenvalue weighted by molar-refractivity contribution is 0.459. The van der Waals surface area contributed by atoms with E-state index in [4.69, 9.17) is 10.7 Å². The number of piperidine rings is 1. The Balaban J connectivity index is 1.71. The van der Waals surface area contributed by atoms with Crippen molar-refractivity contribution in [2.45, 2.75) is 25.7 Å². The summed E-state index contributed by atoms with van der Waals surface area (Å²) in [6.07, 6.45) is 5.80. The second-order valence-corrected chi connectivity index (χ2v) is 9.19. The molecule has 0 atom stereocenters. The van der Waals surface area contributed by atoms with Gasteiger partial charge in [0.05, 0.1) is 21.5 Å². The Bertz CT molecular complexity index is 1340. The molecular formula is C25H22FN5S. The predicted octanol–water partition coefficient (Wildman–Crippen LogP) is 5.39. The van der Waals surface area contributed by atoms with Gasteiger partial charge in [0.2, 0.25) is 0 Å². The number of hydrogen-bond acceptors (Lipinski definition) is 6. The van der Waals surface area contributed by atoms with E-state index in [1.54, 1.807) is 29.7 Å². The summed E-state index contributed by atoms with van der Waals surface area (Å²) in [5.41, 5.74) is 9.22. The summed E-state index contributed by atoms with van der Waals surface area (Å²) < 4.78 is 14.8. The van der Waals surface area contributed by atoms with Crippen LogP contribution in [0, 0.1) is 24.1 Å². The van der Waals surface area contributed by atoms with Crippen LogP contribution >= 0.6 is 11.3 Å². The van der Waals surface area contributed by atoms with Crippen molar-refractivity contribution >= 4 is 27.9 Å². The van der Waals surface area contributed by atoms with Crippen LogP contribution < -0.4 is 11.1 Å². The number of aryl methyl sites for hydroxylation is 1. The molecule has 2 aromatic heterocycles. The molecule has 1 aliphatic rings. The van der Waals surface area contributed by atoms with Gasteiger partial charge in [0, 0.05) is 40.4 Å². The third-order valence-electron chi connectivity index (χ3n) is 6.15. The summed E-state index contributed by atoms with van der Waals surface area (Å²) in [6.45, 7) is 3.86. The third-order valence-corrected chi connectivity index (χ3v) is 7.34. The van der Waals surface area contributed by atoms with Crippen LogP contribution in [-0.4, -0.2) is 23.1 Å². The van der Waals surface area contributed by atoms with E-state index in [1.165, 1.54) is 6.07 Å². The van der Waals surface area contributed by atoms with Crippen molar-refractivity contribution in [3.8, 4) is 27.6 Å². The van der Waals surface area contributed by atoms with Crippen molar-refractivity contribution in [1.29, 1.82) is 5.26 Å². The van der Waals surface area contributed by atoms with Gasteiger partial charge in [-0.25, -0.2) is 14.4 Å². The fourth-order valence-corrected chi connectivity index (χ4v) is 5.56. The Morgan fingerprint density at radius 1 is 1.12 bits per heavy atom. The average Bonchev–Trinajstić information content (AvgIpc) is 3.29. The zero-order valence-corrected chi connectivity index (χ0v) is 18.5. The zero-order valence-electron chi connectivity index (χ0n) is 17.7. The maximum Gasteiger partial charge on any atom is 0.131 e. The highest BCUT2D eigenvalue weighted by atomic mass is 32.1. The van der Waals surface area contributed by atoms with Gasteiger partial charge < -0.3 is 11.1 Å². The first kappa shape index (κ1) is 20.6. The maximum absolute atomic E-state index is 14.8. The van der Waals surface area contributed by atoms with Crippen molar-refractivity contribution < 1.29 is 4.39 Å². The molecule has 1 fully saturated rings. The number of anilines is 1. The Hall–Kier alpha value is -3.34. The molecule has 5 rings (SSSR count). The molecule has 3 heterocycles. The number of nitrogens with zero attached hydrogens (tertiary/aromatic N) is 3. The normalized spacial score (nSPS) is 14.5. The third kappa shape index (κ3) is 3.52. The average molecular weight is 444 g/mol. The molecule has 2 aromatic carbocycles. The van der Waals surface area contributed by atoms with Gasteiger partial charge in [-0.05, 0) is 62.0 Å². The fraction of sp³-hybridized carbons (Fsp3) is 0.240. The first-order valence-corrected chi connectivity index (χ1v) is 11.4. The maximum atomic E-state index is 14.8. The van der Waals surface area contributed by atoms with Gasteiger partial charge in [-0.15, -0.1) is 11.3 Å². The molecule has 1 saturated heterocycles. The summed E-state index contributed by atoms with van der Waals surface area (Å²) in [6, 6.07) is 10.7. The number of nitrogen functional groups attached to an aromatic ring is 1. The van der Waals surface area contributed by atoms with E-state index < -0.39 is 0 Å². The van der Waals surface area contributed by atoms with Gasteiger partial charge in [-0.3, -0.25) is 0 Å². The molecule has 0 amide bonds. The molecule has 0 aliphatic carbocycles. The minimum atomic E-state index is -0.351. The van der Waals surface area contributed by atoms with Gasteiger partial charge in [-0.1, -0.05) is 12.1 Å². The minimum Gasteiger partial charge on any atom is -0.383 e. The quantitative estimate of drug-likeness (QED) is 0.443. The van der Waals surface area contributed by atoms with Crippen LogP contribution in [0.1, 0.15) is 34.9 Å². The van der Waals surface area contributed by atoms with Crippen molar-refractivity contribution in [2.75, 3.05) is 18.8 Å². The first-order chi connectivity index (χ1) is 15.6. The largest absolute Gasteiger partial charge is 0.383 e. The number of hydrogen-bond donors (Lipinski definition) is 2. The summed E-state index contributed by atoms with van der Waals surface area (Å²) >= 11 is 1.67. The molecule has 5 nitrogen and oxygen atoms in total. The van der Waals surface area contributed by atoms with Crippen LogP contribution in [-0.2, 0) is 0 Å². The predicted molar refractivity (Wildman–Crippen MR) is 127 cm³/mol. The molecule has 0 radical (unpaired) electrons. The number of nitrogens with two attached hydrogens (primary N) is 1. The van der Waals surface area contributed by atoms with E-state index in [0.717, 1.165) is 52.3 Å². The van der Waals surface area contributed by atoms with Crippen molar-refractivity contribution in [2.24, 2.45) is 0 Å². The Kier molecular flexibility index (Phi) is 5.33. The highest BCUT2D eigenvalue weighted by Crippen LogP contribution is 2.40. The molecule has 7 heteroatoms. The van der Waals surface area contributed by atoms with E-state index in [-0.39, 0.29) is 5.82 Å². The second-order valence-electron chi connectivity index (χ2n) is 8.13. The number of nitriles is 1. The van der Waals surface area contributed by atoms with Crippen molar-refractivity contribution in [3.63, 3.8) is 0 Å². The van der Waals surface area contributed by atoms with E-state index in [1.807, 2.05) is 25.3 Å². The lowest BCUT2D eigenvalue weighted by atomic mass is 9.92. The van der Waals surface area contributed by atoms with Gasteiger partial charge in [-0.2, -0.15) is 5.26 Å². The minimum absolute atomic E-state index is 0.347. The Labute approximate surface area is 189 Å². The lowest BCUT2D eigenvalue weighted by Gasteiger charge is -2.20. The van der Waals surface area contributed by atoms with Crippen LogP contribution in [0.15, 0.2) is 42.7 Å². The number of benzene rings is 2. The van der Waals surface area contributed by atoms with E-state index >= 15 is 0 Å². The van der Waals surface area contributed by atoms with Gasteiger partial charge in [0.25, 0.3) is 0 Å². The van der Waals surface area contributed by atoms with E-state index in [9.17, 15) is 9.65 Å². The molecule has 0 unspecified atom stereocenters. The lowest BCUT2D eigenvalue weighted by Crippen LogP contribution is -2.26. The second kappa shape index (κ2) is 8.30. The van der Waals surface area contributed by atoms with Crippen LogP contribution in [0.2, 0.25) is 0 Å². The number of halogens is 1. The van der Waals surface area contributed by atoms with Gasteiger partial charge >= 0.3 is 0 Å². The van der Waals surface area contributed by atoms with Crippen LogP contribution in [0.4, 0.5) is 10.2 Å². The van der Waals surface area contributed by atoms with Gasteiger partial charge in [0.1, 0.15) is 11.6 Å². The summed E-state index contributed by atoms with van der Waals surface area (Å²) in [5, 5.41) is 15.9. The number of thiazole rings is 1. The molecule has 0 saturated carbocycles. The molecule has 3 N–H and O–H groups in total. The highest BCUT2D eigenvalue weighted by molar-refractivity contribution is 7.15. The molecular weight excluding hydrogens is 421 g/mol. The van der Waals surface area contributed by atoms with Crippen LogP contribution in [0.25, 0.3) is 32.3 Å². The van der Waals surface area contributed by atoms with E-state index in [2.05, 4.69) is 16.4 Å². The Morgan fingerprint density at radius 2 is 1.94 bits per heavy atom. The topological polar surface area (TPSA) is 87.6 Å². The molecule has 1 aliphatic heterocycles. The molecule has 0 spiro atoms. The van der Waals surface area contributed by atoms with Crippen LogP contribution in [0.5, 0.6) is 0 Å². The number of fused-ring (bicyclic) bond motifs is 1. The molecule has 160 valence electrons. The Morgan fingerprint density at radius 3 is 2.69 bits per heavy atom. The monoisotopic (exact) mass is 443 g/mol. The highest BCUT2D eigenvalue weighted by Gasteiger charge is 2.21. The number of pyridine rings is 1. The number of aromatic nitrogens is 2. The zero-order chi connectivity index (χ0) is 22.2. The molecule has 4 aromatic rings. The summed E-state index contributed by atoms with van der Waals surface area (Å²) in [4.78, 5) is 10.1. The van der Waals surface area contributed by atoms with E-state index in [0.29, 0.717) is 33.8 Å². The SMILES string of the molecule is Cc1cccc(F)c1-c1cc2c(-c3cnc(C4CCNCC4)s3)cnc(N)c2cc1C#N. The summed E-state index contributed by atoms with van der Waals surface area (Å²) in [7, 11) is 0. The first-order valence-electron chi connectivity index (χ1n) is 10.6. The number of rotatable bonds is 3. The van der Waals surface area contributed by atoms with Crippen molar-refractivity contribution in [3.05, 3.63) is 64.7 Å². The standard InChI is InChI=1S/C25H22FN5S/c1-14-3-2-4-21(26)23(14)17-10-18-19(9-16(17)11-27)24(28)30-12-20(18)22-13-31-25(32-22)15-5-7-29-8-6-15/h2-4,9-10,12-13,15,29H,5-8H2,1H3,(H2,28,30). The van der Waals surface area contributed by atoms with Crippen LogP contribution in [0.3, 0.4) is 0 Å². The fourth-order valence-electron chi connectivity index (χ4n) is 4.45. The number of nitrogens with one attached hydrogen (secondary N) is 1. The molecule has 0 bridgehead atoms. The smallest absolute Gasteiger partial charge is 0.131 e. The molecule has 32 heavy (non-hydrogen) atoms. The van der Waals surface area contributed by atoms with Crippen molar-refractivity contribution in [1.82, 2.24) is 15.3 Å².